The molecule has 1 fully saturated rings. The van der Waals surface area contributed by atoms with Gasteiger partial charge in [0.05, 0.1) is 10.6 Å². The number of halogens is 1. The molecule has 0 radical (unpaired) electrons. The number of esters is 1. The van der Waals surface area contributed by atoms with Crippen LogP contribution in [0.15, 0.2) is 47.4 Å². The van der Waals surface area contributed by atoms with Gasteiger partial charge in [-0.3, -0.25) is 4.79 Å². The van der Waals surface area contributed by atoms with E-state index in [9.17, 15) is 18.0 Å². The highest BCUT2D eigenvalue weighted by Gasteiger charge is 2.33. The van der Waals surface area contributed by atoms with E-state index in [1.807, 2.05) is 31.2 Å². The molecule has 7 nitrogen and oxygen atoms in total. The summed E-state index contributed by atoms with van der Waals surface area (Å²) >= 11 is 6.21. The van der Waals surface area contributed by atoms with Crippen molar-refractivity contribution >= 4 is 39.2 Å². The predicted octanol–water partition coefficient (Wildman–Crippen LogP) is 3.90. The summed E-state index contributed by atoms with van der Waals surface area (Å²) in [5, 5.41) is 0.0441. The van der Waals surface area contributed by atoms with Crippen LogP contribution < -0.4 is 4.90 Å². The van der Waals surface area contributed by atoms with Crippen molar-refractivity contribution in [3.05, 3.63) is 58.6 Å². The fourth-order valence-corrected chi connectivity index (χ4v) is 6.50. The van der Waals surface area contributed by atoms with Gasteiger partial charge in [-0.25, -0.2) is 13.2 Å². The summed E-state index contributed by atoms with van der Waals surface area (Å²) in [7, 11) is -3.85. The lowest BCUT2D eigenvalue weighted by molar-refractivity contribution is -0.126. The highest BCUT2D eigenvalue weighted by Crippen LogP contribution is 2.30. The number of sulfonamides is 1. The molecular weight excluding hydrogens is 464 g/mol. The molecule has 2 aliphatic rings. The molecule has 2 heterocycles. The van der Waals surface area contributed by atoms with Crippen molar-refractivity contribution in [2.75, 3.05) is 24.5 Å². The molecule has 0 bridgehead atoms. The van der Waals surface area contributed by atoms with Gasteiger partial charge >= 0.3 is 5.97 Å². The second-order valence-corrected chi connectivity index (χ2v) is 11.0. The molecule has 33 heavy (non-hydrogen) atoms. The Labute approximate surface area is 199 Å². The van der Waals surface area contributed by atoms with Crippen molar-refractivity contribution in [3.8, 4) is 0 Å². The third-order valence-electron chi connectivity index (χ3n) is 6.19. The largest absolute Gasteiger partial charge is 0.449 e. The number of carbonyl (C=O) groups is 2. The van der Waals surface area contributed by atoms with E-state index in [1.165, 1.54) is 29.4 Å². The Hall–Kier alpha value is -2.42. The average molecular weight is 491 g/mol. The molecule has 0 aliphatic carbocycles. The Morgan fingerprint density at radius 1 is 1.15 bits per heavy atom. The Kier molecular flexibility index (Phi) is 6.79. The van der Waals surface area contributed by atoms with Gasteiger partial charge in [0.15, 0.2) is 6.10 Å². The van der Waals surface area contributed by atoms with Crippen LogP contribution in [0.1, 0.15) is 42.6 Å². The lowest BCUT2D eigenvalue weighted by Gasteiger charge is -2.30. The monoisotopic (exact) mass is 490 g/mol. The quantitative estimate of drug-likeness (QED) is 0.593. The van der Waals surface area contributed by atoms with Crippen molar-refractivity contribution in [2.24, 2.45) is 5.92 Å². The van der Waals surface area contributed by atoms with Crippen molar-refractivity contribution in [2.45, 2.75) is 44.1 Å². The molecule has 2 atom stereocenters. The molecule has 1 saturated heterocycles. The molecule has 2 aromatic rings. The molecule has 9 heteroatoms. The predicted molar refractivity (Wildman–Crippen MR) is 126 cm³/mol. The van der Waals surface area contributed by atoms with Crippen LogP contribution in [0.5, 0.6) is 0 Å². The van der Waals surface area contributed by atoms with Crippen LogP contribution in [-0.4, -0.2) is 50.3 Å². The Balaban J connectivity index is 1.50. The molecule has 4 rings (SSSR count). The summed E-state index contributed by atoms with van der Waals surface area (Å²) in [5.74, 6) is -0.844. The van der Waals surface area contributed by atoms with E-state index in [-0.39, 0.29) is 27.3 Å². The number of nitrogens with zero attached hydrogens (tertiary/aromatic N) is 2. The van der Waals surface area contributed by atoms with Crippen LogP contribution in [0.4, 0.5) is 5.69 Å². The van der Waals surface area contributed by atoms with E-state index >= 15 is 0 Å². The van der Waals surface area contributed by atoms with Crippen LogP contribution >= 0.6 is 11.6 Å². The van der Waals surface area contributed by atoms with Gasteiger partial charge in [-0.2, -0.15) is 4.31 Å². The Bertz CT molecular complexity index is 1180. The minimum absolute atomic E-state index is 0.0319. The number of rotatable bonds is 5. The maximum Gasteiger partial charge on any atom is 0.338 e. The van der Waals surface area contributed by atoms with Crippen molar-refractivity contribution in [1.29, 1.82) is 0 Å². The number of hydrogen-bond donors (Lipinski definition) is 0. The Morgan fingerprint density at radius 3 is 2.67 bits per heavy atom. The zero-order chi connectivity index (χ0) is 23.8. The summed E-state index contributed by atoms with van der Waals surface area (Å²) < 4.78 is 33.2. The maximum atomic E-state index is 13.2. The topological polar surface area (TPSA) is 84.0 Å². The summed E-state index contributed by atoms with van der Waals surface area (Å²) in [6.07, 6.45) is 1.47. The van der Waals surface area contributed by atoms with E-state index in [2.05, 4.69) is 0 Å². The van der Waals surface area contributed by atoms with E-state index in [0.29, 0.717) is 19.6 Å². The van der Waals surface area contributed by atoms with Gasteiger partial charge in [-0.15, -0.1) is 0 Å². The smallest absolute Gasteiger partial charge is 0.338 e. The lowest BCUT2D eigenvalue weighted by Crippen LogP contribution is -2.39. The molecule has 0 spiro atoms. The minimum atomic E-state index is -3.85. The van der Waals surface area contributed by atoms with Gasteiger partial charge in [-0.1, -0.05) is 36.7 Å². The third-order valence-corrected chi connectivity index (χ3v) is 8.54. The first kappa shape index (κ1) is 23.7. The Morgan fingerprint density at radius 2 is 1.91 bits per heavy atom. The zero-order valence-electron chi connectivity index (χ0n) is 18.7. The number of benzene rings is 2. The SMILES string of the molecule is CC1CCCN(S(=O)(=O)c2cc(C(=O)OC(C)C(=O)N3CCc4ccccc43)ccc2Cl)C1. The van der Waals surface area contributed by atoms with Crippen molar-refractivity contribution < 1.29 is 22.7 Å². The van der Waals surface area contributed by atoms with Gasteiger partial charge in [0.25, 0.3) is 5.91 Å². The minimum Gasteiger partial charge on any atom is -0.449 e. The van der Waals surface area contributed by atoms with Crippen LogP contribution in [0.25, 0.3) is 0 Å². The van der Waals surface area contributed by atoms with Crippen molar-refractivity contribution in [1.82, 2.24) is 4.31 Å². The molecule has 0 aromatic heterocycles. The fourth-order valence-electron chi connectivity index (χ4n) is 4.40. The number of fused-ring (bicyclic) bond motifs is 1. The molecule has 0 N–H and O–H groups in total. The van der Waals surface area contributed by atoms with Gasteiger partial charge in [-0.05, 0) is 61.9 Å². The summed E-state index contributed by atoms with van der Waals surface area (Å²) in [5.41, 5.74) is 1.93. The van der Waals surface area contributed by atoms with E-state index in [0.717, 1.165) is 30.5 Å². The normalized spacial score (nSPS) is 19.7. The summed E-state index contributed by atoms with van der Waals surface area (Å²) in [4.78, 5) is 27.2. The third kappa shape index (κ3) is 4.78. The van der Waals surface area contributed by atoms with Crippen LogP contribution in [-0.2, 0) is 26.0 Å². The first-order valence-electron chi connectivity index (χ1n) is 11.1. The number of para-hydroxylation sites is 1. The van der Waals surface area contributed by atoms with Gasteiger partial charge < -0.3 is 9.64 Å². The first-order valence-corrected chi connectivity index (χ1v) is 12.9. The molecule has 176 valence electrons. The second-order valence-electron chi connectivity index (χ2n) is 8.67. The van der Waals surface area contributed by atoms with Crippen LogP contribution in [0.2, 0.25) is 5.02 Å². The number of carbonyl (C=O) groups excluding carboxylic acids is 2. The van der Waals surface area contributed by atoms with E-state index < -0.39 is 22.1 Å². The first-order chi connectivity index (χ1) is 15.7. The standard InChI is InChI=1S/C24H27ClN2O5S/c1-16-6-5-12-26(15-16)33(30,31)22-14-19(9-10-20(22)25)24(29)32-17(2)23(28)27-13-11-18-7-3-4-8-21(18)27/h3-4,7-10,14,16-17H,5-6,11-13,15H2,1-2H3. The zero-order valence-corrected chi connectivity index (χ0v) is 20.2. The highest BCUT2D eigenvalue weighted by atomic mass is 35.5. The second kappa shape index (κ2) is 9.44. The molecule has 2 aliphatic heterocycles. The molecule has 1 amide bonds. The average Bonchev–Trinajstić information content (AvgIpc) is 3.22. The molecule has 2 unspecified atom stereocenters. The molecular formula is C24H27ClN2O5S. The number of hydrogen-bond acceptors (Lipinski definition) is 5. The van der Waals surface area contributed by atoms with Crippen LogP contribution in [0, 0.1) is 5.92 Å². The number of piperidine rings is 1. The molecule has 0 saturated carbocycles. The fraction of sp³-hybridized carbons (Fsp3) is 0.417. The van der Waals surface area contributed by atoms with Gasteiger partial charge in [0.1, 0.15) is 4.90 Å². The van der Waals surface area contributed by atoms with Gasteiger partial charge in [0.2, 0.25) is 10.0 Å². The summed E-state index contributed by atoms with van der Waals surface area (Å²) in [6.45, 7) is 4.88. The maximum absolute atomic E-state index is 13.2. The number of amides is 1. The lowest BCUT2D eigenvalue weighted by atomic mass is 10.0. The van der Waals surface area contributed by atoms with Gasteiger partial charge in [0, 0.05) is 25.3 Å². The van der Waals surface area contributed by atoms with E-state index in [4.69, 9.17) is 16.3 Å². The summed E-state index contributed by atoms with van der Waals surface area (Å²) in [6, 6.07) is 11.6. The highest BCUT2D eigenvalue weighted by molar-refractivity contribution is 7.89. The number of ether oxygens (including phenoxy) is 1. The van der Waals surface area contributed by atoms with E-state index in [1.54, 1.807) is 4.90 Å². The number of anilines is 1. The molecule has 2 aromatic carbocycles. The van der Waals surface area contributed by atoms with Crippen molar-refractivity contribution in [3.63, 3.8) is 0 Å². The van der Waals surface area contributed by atoms with Crippen LogP contribution in [0.3, 0.4) is 0 Å².